The molecular formula is C29H39N3O2S. The second-order valence-electron chi connectivity index (χ2n) is 10.4. The van der Waals surface area contributed by atoms with Crippen LogP contribution in [0.15, 0.2) is 24.3 Å². The molecule has 1 aliphatic carbocycles. The van der Waals surface area contributed by atoms with Crippen molar-refractivity contribution in [3.05, 3.63) is 45.8 Å². The van der Waals surface area contributed by atoms with Crippen LogP contribution in [0.5, 0.6) is 0 Å². The van der Waals surface area contributed by atoms with Gasteiger partial charge >= 0.3 is 0 Å². The number of unbranched alkanes of at least 4 members (excludes halogenated alkanes) is 9. The van der Waals surface area contributed by atoms with Crippen molar-refractivity contribution in [1.29, 1.82) is 0 Å². The first-order chi connectivity index (χ1) is 17.2. The zero-order chi connectivity index (χ0) is 24.3. The lowest BCUT2D eigenvalue weighted by molar-refractivity contribution is -0.123. The number of anilines is 2. The summed E-state index contributed by atoms with van der Waals surface area (Å²) in [6.07, 6.45) is 17.0. The van der Waals surface area contributed by atoms with Crippen LogP contribution in [0.1, 0.15) is 110 Å². The number of aryl methyl sites for hydroxylation is 1. The van der Waals surface area contributed by atoms with Gasteiger partial charge in [-0.15, -0.1) is 11.3 Å². The monoisotopic (exact) mass is 493 g/mol. The van der Waals surface area contributed by atoms with E-state index in [1.165, 1.54) is 68.2 Å². The lowest BCUT2D eigenvalue weighted by Crippen LogP contribution is -2.60. The molecule has 5 nitrogen and oxygen atoms in total. The fourth-order valence-electron chi connectivity index (χ4n) is 6.00. The van der Waals surface area contributed by atoms with Crippen LogP contribution < -0.4 is 15.5 Å². The van der Waals surface area contributed by atoms with Crippen molar-refractivity contribution in [3.8, 4) is 0 Å². The van der Waals surface area contributed by atoms with E-state index in [-0.39, 0.29) is 11.8 Å². The second kappa shape index (κ2) is 10.7. The summed E-state index contributed by atoms with van der Waals surface area (Å²) in [7, 11) is 0. The Morgan fingerprint density at radius 1 is 0.886 bits per heavy atom. The molecule has 0 bridgehead atoms. The minimum atomic E-state index is -1.19. The molecular weight excluding hydrogens is 454 g/mol. The van der Waals surface area contributed by atoms with Gasteiger partial charge in [-0.3, -0.25) is 9.59 Å². The van der Waals surface area contributed by atoms with Crippen LogP contribution in [0.3, 0.4) is 0 Å². The molecule has 1 aromatic heterocycles. The minimum Gasteiger partial charge on any atom is -0.342 e. The summed E-state index contributed by atoms with van der Waals surface area (Å²) in [5, 5.41) is 7.52. The highest BCUT2D eigenvalue weighted by Crippen LogP contribution is 2.47. The Balaban J connectivity index is 1.24. The third-order valence-electron chi connectivity index (χ3n) is 7.90. The Hall–Kier alpha value is -2.34. The summed E-state index contributed by atoms with van der Waals surface area (Å²) in [4.78, 5) is 30.5. The fourth-order valence-corrected chi connectivity index (χ4v) is 7.34. The Labute approximate surface area is 213 Å². The molecule has 0 fully saturated rings. The first-order valence-electron chi connectivity index (χ1n) is 13.8. The number of benzene rings is 1. The van der Waals surface area contributed by atoms with E-state index in [4.69, 9.17) is 0 Å². The molecule has 1 atom stereocenters. The Morgan fingerprint density at radius 2 is 1.57 bits per heavy atom. The molecule has 0 radical (unpaired) electrons. The molecule has 0 saturated heterocycles. The number of nitrogens with zero attached hydrogens (tertiary/aromatic N) is 1. The van der Waals surface area contributed by atoms with E-state index in [2.05, 4.69) is 17.6 Å². The average molecular weight is 494 g/mol. The number of para-hydroxylation sites is 1. The SMILES string of the molecule is CCCCCCCCCCCCN1C(=O)C2(NC(=O)c3c(sc4c3CCCC4)N2)c2ccccc21. The molecule has 1 aromatic carbocycles. The number of carbonyl (C=O) groups is 2. The summed E-state index contributed by atoms with van der Waals surface area (Å²) in [5.41, 5.74) is 2.56. The maximum absolute atomic E-state index is 13.9. The number of thiophene rings is 1. The maximum atomic E-state index is 13.9. The van der Waals surface area contributed by atoms with Crippen LogP contribution in [0, 0.1) is 0 Å². The van der Waals surface area contributed by atoms with Crippen LogP contribution in [-0.2, 0) is 23.3 Å². The average Bonchev–Trinajstić information content (AvgIpc) is 3.35. The van der Waals surface area contributed by atoms with Gasteiger partial charge in [0.1, 0.15) is 5.00 Å². The van der Waals surface area contributed by atoms with Gasteiger partial charge in [-0.2, -0.15) is 0 Å². The van der Waals surface area contributed by atoms with Gasteiger partial charge in [-0.05, 0) is 43.7 Å². The number of amides is 2. The van der Waals surface area contributed by atoms with Crippen molar-refractivity contribution >= 4 is 33.8 Å². The quantitative estimate of drug-likeness (QED) is 0.335. The number of carbonyl (C=O) groups excluding carboxylic acids is 2. The highest BCUT2D eigenvalue weighted by Gasteiger charge is 2.55. The molecule has 188 valence electrons. The number of fused-ring (bicyclic) bond motifs is 5. The van der Waals surface area contributed by atoms with Gasteiger partial charge in [0.15, 0.2) is 0 Å². The zero-order valence-electron chi connectivity index (χ0n) is 21.1. The normalized spacial score (nSPS) is 20.4. The van der Waals surface area contributed by atoms with Crippen LogP contribution in [0.25, 0.3) is 0 Å². The lowest BCUT2D eigenvalue weighted by Gasteiger charge is -2.35. The number of rotatable bonds is 11. The van der Waals surface area contributed by atoms with Crippen molar-refractivity contribution in [2.45, 2.75) is 102 Å². The van der Waals surface area contributed by atoms with Crippen molar-refractivity contribution in [1.82, 2.24) is 5.32 Å². The molecule has 1 spiro atoms. The summed E-state index contributed by atoms with van der Waals surface area (Å²) >= 11 is 1.67. The highest BCUT2D eigenvalue weighted by molar-refractivity contribution is 7.16. The highest BCUT2D eigenvalue weighted by atomic mass is 32.1. The predicted molar refractivity (Wildman–Crippen MR) is 144 cm³/mol. The molecule has 2 N–H and O–H groups in total. The summed E-state index contributed by atoms with van der Waals surface area (Å²) < 4.78 is 0. The molecule has 1 unspecified atom stereocenters. The van der Waals surface area contributed by atoms with Gasteiger partial charge in [-0.1, -0.05) is 82.9 Å². The van der Waals surface area contributed by atoms with Crippen LogP contribution in [0.2, 0.25) is 0 Å². The molecule has 0 saturated carbocycles. The molecule has 2 amide bonds. The van der Waals surface area contributed by atoms with Crippen LogP contribution in [-0.4, -0.2) is 18.4 Å². The largest absolute Gasteiger partial charge is 0.342 e. The van der Waals surface area contributed by atoms with Gasteiger partial charge in [0.25, 0.3) is 11.8 Å². The second-order valence-corrected chi connectivity index (χ2v) is 11.5. The van der Waals surface area contributed by atoms with E-state index < -0.39 is 5.66 Å². The molecule has 3 aliphatic rings. The molecule has 35 heavy (non-hydrogen) atoms. The first kappa shape index (κ1) is 24.4. The van der Waals surface area contributed by atoms with Gasteiger partial charge < -0.3 is 15.5 Å². The number of hydrogen-bond donors (Lipinski definition) is 2. The third kappa shape index (κ3) is 4.62. The molecule has 2 aliphatic heterocycles. The van der Waals surface area contributed by atoms with Crippen molar-refractivity contribution in [3.63, 3.8) is 0 Å². The predicted octanol–water partition coefficient (Wildman–Crippen LogP) is 6.90. The van der Waals surface area contributed by atoms with E-state index in [1.807, 2.05) is 29.2 Å². The molecule has 6 heteroatoms. The van der Waals surface area contributed by atoms with E-state index in [1.54, 1.807) is 11.3 Å². The zero-order valence-corrected chi connectivity index (χ0v) is 21.9. The fraction of sp³-hybridized carbons (Fsp3) is 0.586. The van der Waals surface area contributed by atoms with Gasteiger partial charge in [0.2, 0.25) is 5.66 Å². The summed E-state index contributed by atoms with van der Waals surface area (Å²) in [5.74, 6) is -0.165. The number of nitrogens with one attached hydrogen (secondary N) is 2. The van der Waals surface area contributed by atoms with E-state index in [9.17, 15) is 9.59 Å². The Bertz CT molecular complexity index is 1080. The summed E-state index contributed by atoms with van der Waals surface area (Å²) in [6, 6.07) is 7.94. The molecule has 3 heterocycles. The van der Waals surface area contributed by atoms with Crippen molar-refractivity contribution < 1.29 is 9.59 Å². The van der Waals surface area contributed by atoms with Gasteiger partial charge in [-0.25, -0.2) is 0 Å². The minimum absolute atomic E-state index is 0.0556. The molecule has 2 aromatic rings. The van der Waals surface area contributed by atoms with E-state index in [0.29, 0.717) is 6.54 Å². The smallest absolute Gasteiger partial charge is 0.278 e. The lowest BCUT2D eigenvalue weighted by atomic mass is 9.92. The first-order valence-corrected chi connectivity index (χ1v) is 14.6. The van der Waals surface area contributed by atoms with Crippen molar-refractivity contribution in [2.75, 3.05) is 16.8 Å². The number of hydrogen-bond acceptors (Lipinski definition) is 4. The maximum Gasteiger partial charge on any atom is 0.278 e. The van der Waals surface area contributed by atoms with Crippen molar-refractivity contribution in [2.24, 2.45) is 0 Å². The van der Waals surface area contributed by atoms with E-state index >= 15 is 0 Å². The van der Waals surface area contributed by atoms with Gasteiger partial charge in [0, 0.05) is 17.0 Å². The van der Waals surface area contributed by atoms with Crippen LogP contribution in [0.4, 0.5) is 10.7 Å². The van der Waals surface area contributed by atoms with E-state index in [0.717, 1.165) is 53.9 Å². The Morgan fingerprint density at radius 3 is 2.34 bits per heavy atom. The Kier molecular flexibility index (Phi) is 7.47. The third-order valence-corrected chi connectivity index (χ3v) is 9.11. The molecule has 5 rings (SSSR count). The van der Waals surface area contributed by atoms with Gasteiger partial charge in [0.05, 0.1) is 11.3 Å². The standard InChI is InChI=1S/C29H39N3O2S/c1-2-3-4-5-6-7-8-9-10-15-20-32-23-18-13-12-17-22(23)29(28(32)34)30-26(33)25-21-16-11-14-19-24(21)35-27(25)31-29/h12-13,17-18,31H,2-11,14-16,19-20H2,1H3,(H,30,33). The summed E-state index contributed by atoms with van der Waals surface area (Å²) in [6.45, 7) is 2.95. The van der Waals surface area contributed by atoms with Crippen LogP contribution >= 0.6 is 11.3 Å². The topological polar surface area (TPSA) is 61.4 Å².